The maximum Gasteiger partial charge on any atom is 0.320 e. The third kappa shape index (κ3) is 5.56. The minimum Gasteiger partial charge on any atom is -0.465 e. The first-order chi connectivity index (χ1) is 4.81. The summed E-state index contributed by atoms with van der Waals surface area (Å²) in [6.45, 7) is 0.282. The van der Waals surface area contributed by atoms with Gasteiger partial charge in [0.05, 0.1) is 6.61 Å². The van der Waals surface area contributed by atoms with Gasteiger partial charge in [-0.1, -0.05) is 0 Å². The zero-order valence-corrected chi connectivity index (χ0v) is 6.26. The molecule has 4 heteroatoms. The van der Waals surface area contributed by atoms with Crippen molar-refractivity contribution in [3.05, 3.63) is 0 Å². The van der Waals surface area contributed by atoms with E-state index < -0.39 is 5.97 Å². The third-order valence-electron chi connectivity index (χ3n) is 0.838. The molecule has 0 unspecified atom stereocenters. The highest BCUT2D eigenvalue weighted by atomic mass is 35.5. The van der Waals surface area contributed by atoms with E-state index in [1.165, 1.54) is 0 Å². The lowest BCUT2D eigenvalue weighted by atomic mass is 10.3. The van der Waals surface area contributed by atoms with Gasteiger partial charge in [0.15, 0.2) is 0 Å². The van der Waals surface area contributed by atoms with E-state index >= 15 is 0 Å². The number of carbonyl (C=O) groups excluding carboxylic acids is 2. The minimum absolute atomic E-state index is 0.124. The van der Waals surface area contributed by atoms with Gasteiger partial charge in [-0.25, -0.2) is 0 Å². The summed E-state index contributed by atoms with van der Waals surface area (Å²) in [6, 6.07) is 0. The standard InChI is InChI=1S/C6H9ClO3/c7-5-6(9)10-4-2-1-3-8/h3H,1-2,4-5H2. The van der Waals surface area contributed by atoms with E-state index in [4.69, 9.17) is 11.6 Å². The number of ether oxygens (including phenoxy) is 1. The Kier molecular flexibility index (Phi) is 6.18. The van der Waals surface area contributed by atoms with Gasteiger partial charge in [0.2, 0.25) is 0 Å². The number of rotatable bonds is 5. The van der Waals surface area contributed by atoms with Gasteiger partial charge < -0.3 is 9.53 Å². The number of carbonyl (C=O) groups is 2. The first-order valence-electron chi connectivity index (χ1n) is 2.96. The van der Waals surface area contributed by atoms with Crippen LogP contribution in [0.5, 0.6) is 0 Å². The molecule has 0 aliphatic rings. The van der Waals surface area contributed by atoms with Gasteiger partial charge in [-0.05, 0) is 6.42 Å². The van der Waals surface area contributed by atoms with Crippen LogP contribution in [-0.2, 0) is 14.3 Å². The Labute approximate surface area is 64.3 Å². The Morgan fingerprint density at radius 3 is 2.80 bits per heavy atom. The van der Waals surface area contributed by atoms with E-state index in [1.807, 2.05) is 0 Å². The highest BCUT2D eigenvalue weighted by molar-refractivity contribution is 6.26. The van der Waals surface area contributed by atoms with Gasteiger partial charge in [0.1, 0.15) is 12.2 Å². The molecule has 0 radical (unpaired) electrons. The van der Waals surface area contributed by atoms with Crippen molar-refractivity contribution in [1.82, 2.24) is 0 Å². The van der Waals surface area contributed by atoms with E-state index in [0.29, 0.717) is 12.8 Å². The molecule has 0 aromatic carbocycles. The number of aldehydes is 1. The van der Waals surface area contributed by atoms with Crippen molar-refractivity contribution < 1.29 is 14.3 Å². The Morgan fingerprint density at radius 2 is 2.30 bits per heavy atom. The van der Waals surface area contributed by atoms with Crippen LogP contribution in [0.15, 0.2) is 0 Å². The van der Waals surface area contributed by atoms with Crippen LogP contribution < -0.4 is 0 Å². The average Bonchev–Trinajstić information content (AvgIpc) is 1.98. The van der Waals surface area contributed by atoms with Crippen molar-refractivity contribution in [2.75, 3.05) is 12.5 Å². The normalized spacial score (nSPS) is 8.90. The van der Waals surface area contributed by atoms with Crippen LogP contribution in [0.1, 0.15) is 12.8 Å². The molecule has 0 spiro atoms. The van der Waals surface area contributed by atoms with Crippen LogP contribution in [0, 0.1) is 0 Å². The first kappa shape index (κ1) is 9.43. The van der Waals surface area contributed by atoms with Crippen LogP contribution in [-0.4, -0.2) is 24.7 Å². The van der Waals surface area contributed by atoms with Crippen molar-refractivity contribution in [3.63, 3.8) is 0 Å². The van der Waals surface area contributed by atoms with Gasteiger partial charge in [-0.3, -0.25) is 4.79 Å². The molecule has 10 heavy (non-hydrogen) atoms. The molecular formula is C6H9ClO3. The Hall–Kier alpha value is -0.570. The zero-order valence-electron chi connectivity index (χ0n) is 5.51. The Morgan fingerprint density at radius 1 is 1.60 bits per heavy atom. The average molecular weight is 165 g/mol. The predicted octanol–water partition coefficient (Wildman–Crippen LogP) is 0.748. The number of halogens is 1. The summed E-state index contributed by atoms with van der Waals surface area (Å²) >= 11 is 5.12. The fourth-order valence-electron chi connectivity index (χ4n) is 0.391. The topological polar surface area (TPSA) is 43.4 Å². The van der Waals surface area contributed by atoms with E-state index in [1.54, 1.807) is 0 Å². The number of hydrogen-bond acceptors (Lipinski definition) is 3. The number of unbranched alkanes of at least 4 members (excludes halogenated alkanes) is 1. The summed E-state index contributed by atoms with van der Waals surface area (Å²) in [5.74, 6) is -0.561. The fourth-order valence-corrected chi connectivity index (χ4v) is 0.468. The van der Waals surface area contributed by atoms with Gasteiger partial charge >= 0.3 is 5.97 Å². The molecule has 0 fully saturated rings. The zero-order chi connectivity index (χ0) is 7.82. The second-order valence-corrected chi connectivity index (χ2v) is 1.93. The molecule has 0 aromatic rings. The quantitative estimate of drug-likeness (QED) is 0.261. The third-order valence-corrected chi connectivity index (χ3v) is 1.06. The van der Waals surface area contributed by atoms with E-state index in [2.05, 4.69) is 4.74 Å². The van der Waals surface area contributed by atoms with Gasteiger partial charge in [-0.15, -0.1) is 11.6 Å². The summed E-state index contributed by atoms with van der Waals surface area (Å²) < 4.78 is 4.56. The molecule has 0 aliphatic carbocycles. The van der Waals surface area contributed by atoms with E-state index in [-0.39, 0.29) is 12.5 Å². The fraction of sp³-hybridized carbons (Fsp3) is 0.667. The maximum atomic E-state index is 10.3. The van der Waals surface area contributed by atoms with E-state index in [9.17, 15) is 9.59 Å². The van der Waals surface area contributed by atoms with Crippen molar-refractivity contribution in [3.8, 4) is 0 Å². The second-order valence-electron chi connectivity index (χ2n) is 1.66. The molecule has 0 amide bonds. The van der Waals surface area contributed by atoms with Gasteiger partial charge in [0.25, 0.3) is 0 Å². The van der Waals surface area contributed by atoms with Gasteiger partial charge in [-0.2, -0.15) is 0 Å². The van der Waals surface area contributed by atoms with Gasteiger partial charge in [0, 0.05) is 6.42 Å². The highest BCUT2D eigenvalue weighted by Gasteiger charge is 1.97. The van der Waals surface area contributed by atoms with Crippen molar-refractivity contribution >= 4 is 23.9 Å². The van der Waals surface area contributed by atoms with Crippen LogP contribution in [0.2, 0.25) is 0 Å². The molecule has 3 nitrogen and oxygen atoms in total. The minimum atomic E-state index is -0.437. The van der Waals surface area contributed by atoms with Crippen LogP contribution >= 0.6 is 11.6 Å². The van der Waals surface area contributed by atoms with E-state index in [0.717, 1.165) is 6.29 Å². The number of hydrogen-bond donors (Lipinski definition) is 0. The lowest BCUT2D eigenvalue weighted by Crippen LogP contribution is -2.06. The summed E-state index contributed by atoms with van der Waals surface area (Å²) in [4.78, 5) is 20.1. The molecule has 0 rings (SSSR count). The highest BCUT2D eigenvalue weighted by Crippen LogP contribution is 1.88. The molecule has 58 valence electrons. The first-order valence-corrected chi connectivity index (χ1v) is 3.50. The molecule has 0 heterocycles. The number of esters is 1. The predicted molar refractivity (Wildman–Crippen MR) is 37.0 cm³/mol. The summed E-state index contributed by atoms with van der Waals surface area (Å²) in [5.41, 5.74) is 0. The molecule has 0 N–H and O–H groups in total. The molecule has 0 saturated carbocycles. The molecule has 0 aliphatic heterocycles. The summed E-state index contributed by atoms with van der Waals surface area (Å²) in [5, 5.41) is 0. The molecule has 0 aromatic heterocycles. The van der Waals surface area contributed by atoms with Crippen molar-refractivity contribution in [2.45, 2.75) is 12.8 Å². The van der Waals surface area contributed by atoms with Crippen LogP contribution in [0.4, 0.5) is 0 Å². The van der Waals surface area contributed by atoms with Crippen LogP contribution in [0.3, 0.4) is 0 Å². The van der Waals surface area contributed by atoms with Crippen molar-refractivity contribution in [2.24, 2.45) is 0 Å². The smallest absolute Gasteiger partial charge is 0.320 e. The summed E-state index contributed by atoms with van der Waals surface area (Å²) in [7, 11) is 0. The lowest BCUT2D eigenvalue weighted by molar-refractivity contribution is -0.140. The molecule has 0 saturated heterocycles. The molecular weight excluding hydrogens is 156 g/mol. The maximum absolute atomic E-state index is 10.3. The Balaban J connectivity index is 3.03. The lowest BCUT2D eigenvalue weighted by Gasteiger charge is -1.98. The SMILES string of the molecule is O=CCCCOC(=O)CCl. The Bertz CT molecular complexity index is 114. The molecule has 0 bridgehead atoms. The number of alkyl halides is 1. The molecule has 0 atom stereocenters. The second kappa shape index (κ2) is 6.55. The van der Waals surface area contributed by atoms with Crippen molar-refractivity contribution in [1.29, 1.82) is 0 Å². The summed E-state index contributed by atoms with van der Waals surface area (Å²) in [6.07, 6.45) is 1.79. The largest absolute Gasteiger partial charge is 0.465 e. The van der Waals surface area contributed by atoms with Crippen LogP contribution in [0.25, 0.3) is 0 Å². The monoisotopic (exact) mass is 164 g/mol.